The lowest BCUT2D eigenvalue weighted by atomic mass is 9.95. The Morgan fingerprint density at radius 2 is 1.96 bits per heavy atom. The van der Waals surface area contributed by atoms with E-state index in [0.29, 0.717) is 19.6 Å². The molecule has 3 heterocycles. The Morgan fingerprint density at radius 1 is 1.18 bits per heavy atom. The smallest absolute Gasteiger partial charge is 0.381 e. The molecule has 6 nitrogen and oxygen atoms in total. The number of hydrogen-bond donors (Lipinski definition) is 3. The van der Waals surface area contributed by atoms with E-state index in [2.05, 4.69) is 21.2 Å². The van der Waals surface area contributed by atoms with Crippen molar-refractivity contribution in [3.63, 3.8) is 0 Å². The largest absolute Gasteiger partial charge is 0.402 e. The van der Waals surface area contributed by atoms with Crippen LogP contribution < -0.4 is 16.2 Å². The van der Waals surface area contributed by atoms with Gasteiger partial charge in [-0.2, -0.15) is 13.2 Å². The molecule has 0 aliphatic carbocycles. The van der Waals surface area contributed by atoms with Crippen molar-refractivity contribution in [1.82, 2.24) is 20.7 Å². The van der Waals surface area contributed by atoms with E-state index in [1.165, 1.54) is 0 Å². The Balaban J connectivity index is 1.52. The van der Waals surface area contributed by atoms with E-state index in [4.69, 9.17) is 0 Å². The van der Waals surface area contributed by atoms with Crippen molar-refractivity contribution in [2.45, 2.75) is 31.9 Å². The van der Waals surface area contributed by atoms with Gasteiger partial charge in [-0.3, -0.25) is 20.1 Å². The normalized spacial score (nSPS) is 22.6. The summed E-state index contributed by atoms with van der Waals surface area (Å²) in [5.74, 6) is -3.08. The summed E-state index contributed by atoms with van der Waals surface area (Å²) in [6, 6.07) is 8.60. The number of aromatic nitrogens is 1. The number of hydrazine groups is 1. The van der Waals surface area contributed by atoms with Crippen molar-refractivity contribution in [1.29, 1.82) is 0 Å². The first-order valence-electron chi connectivity index (χ1n) is 9.00. The molecule has 2 aliphatic rings. The summed E-state index contributed by atoms with van der Waals surface area (Å²) in [5.41, 5.74) is 8.61. The number of rotatable bonds is 4. The molecule has 2 atom stereocenters. The minimum absolute atomic E-state index is 0.0453. The maximum Gasteiger partial charge on any atom is 0.402 e. The van der Waals surface area contributed by atoms with Crippen LogP contribution >= 0.6 is 0 Å². The molecule has 1 amide bonds. The second-order valence-electron chi connectivity index (χ2n) is 7.01. The van der Waals surface area contributed by atoms with Gasteiger partial charge in [0.15, 0.2) is 5.92 Å². The lowest BCUT2D eigenvalue weighted by molar-refractivity contribution is -0.201. The van der Waals surface area contributed by atoms with Crippen molar-refractivity contribution in [2.24, 2.45) is 5.92 Å². The van der Waals surface area contributed by atoms with Crippen LogP contribution in [0.15, 0.2) is 42.7 Å². The van der Waals surface area contributed by atoms with Gasteiger partial charge >= 0.3 is 6.18 Å². The number of alkyl halides is 3. The zero-order valence-corrected chi connectivity index (χ0v) is 15.0. The number of benzene rings is 1. The first kappa shape index (κ1) is 18.7. The van der Waals surface area contributed by atoms with E-state index < -0.39 is 24.0 Å². The summed E-state index contributed by atoms with van der Waals surface area (Å²) in [5, 5.41) is 3.36. The number of carbonyl (C=O) groups is 1. The van der Waals surface area contributed by atoms with Crippen molar-refractivity contribution in [2.75, 3.05) is 11.9 Å². The highest BCUT2D eigenvalue weighted by Crippen LogP contribution is 2.37. The van der Waals surface area contributed by atoms with Gasteiger partial charge in [0.05, 0.1) is 0 Å². The summed E-state index contributed by atoms with van der Waals surface area (Å²) in [6.07, 6.45) is -1.16. The average molecular weight is 391 g/mol. The summed E-state index contributed by atoms with van der Waals surface area (Å²) in [4.78, 5) is 17.6. The Bertz CT molecular complexity index is 858. The monoisotopic (exact) mass is 391 g/mol. The number of carbonyl (C=O) groups excluding carboxylic acids is 1. The highest BCUT2D eigenvalue weighted by atomic mass is 19.4. The molecule has 2 unspecified atom stereocenters. The van der Waals surface area contributed by atoms with E-state index in [1.807, 2.05) is 30.3 Å². The Morgan fingerprint density at radius 3 is 2.71 bits per heavy atom. The Kier molecular flexibility index (Phi) is 4.94. The molecule has 0 saturated carbocycles. The fourth-order valence-electron chi connectivity index (χ4n) is 3.87. The van der Waals surface area contributed by atoms with E-state index >= 15 is 0 Å². The van der Waals surface area contributed by atoms with Crippen LogP contribution in [0.2, 0.25) is 0 Å². The molecule has 9 heteroatoms. The third-order valence-corrected chi connectivity index (χ3v) is 5.25. The molecule has 28 heavy (non-hydrogen) atoms. The molecule has 1 aromatic carbocycles. The molecule has 1 fully saturated rings. The molecule has 0 bridgehead atoms. The number of amides is 1. The second-order valence-corrected chi connectivity index (χ2v) is 7.01. The number of hydrogen-bond acceptors (Lipinski definition) is 5. The van der Waals surface area contributed by atoms with Gasteiger partial charge in [0.2, 0.25) is 5.91 Å². The molecular weight excluding hydrogens is 371 g/mol. The standard InChI is InChI=1S/C19H20F3N5O/c20-19(21,22)17-16(9-25-26-18(17)28)27-10-13-2-1-3-15(14(13)11-27)24-8-12-4-6-23-7-5-12/h1-7,16-17,24-25H,8-11H2,(H,26,28). The van der Waals surface area contributed by atoms with Crippen molar-refractivity contribution < 1.29 is 18.0 Å². The number of nitrogens with one attached hydrogen (secondary N) is 3. The van der Waals surface area contributed by atoms with Crippen molar-refractivity contribution in [3.05, 3.63) is 59.4 Å². The van der Waals surface area contributed by atoms with Crippen LogP contribution in [0, 0.1) is 5.92 Å². The lowest BCUT2D eigenvalue weighted by Gasteiger charge is -2.38. The van der Waals surface area contributed by atoms with Gasteiger partial charge in [0.1, 0.15) is 0 Å². The Labute approximate surface area is 160 Å². The summed E-state index contributed by atoms with van der Waals surface area (Å²) < 4.78 is 40.4. The molecule has 1 saturated heterocycles. The fourth-order valence-corrected chi connectivity index (χ4v) is 3.87. The average Bonchev–Trinajstić information content (AvgIpc) is 3.11. The number of anilines is 1. The van der Waals surface area contributed by atoms with Gasteiger partial charge in [-0.15, -0.1) is 0 Å². The molecule has 2 aliphatic heterocycles. The van der Waals surface area contributed by atoms with E-state index in [-0.39, 0.29) is 6.54 Å². The zero-order valence-electron chi connectivity index (χ0n) is 15.0. The molecule has 2 aromatic rings. The number of nitrogens with zero attached hydrogens (tertiary/aromatic N) is 2. The predicted octanol–water partition coefficient (Wildman–Crippen LogP) is 2.19. The molecule has 0 radical (unpaired) electrons. The van der Waals surface area contributed by atoms with Crippen LogP contribution in [-0.2, 0) is 24.4 Å². The number of fused-ring (bicyclic) bond motifs is 1. The van der Waals surface area contributed by atoms with Gasteiger partial charge in [-0.05, 0) is 34.9 Å². The minimum Gasteiger partial charge on any atom is -0.381 e. The fraction of sp³-hybridized carbons (Fsp3) is 0.368. The quantitative estimate of drug-likeness (QED) is 0.746. The maximum absolute atomic E-state index is 13.5. The van der Waals surface area contributed by atoms with E-state index in [0.717, 1.165) is 22.4 Å². The highest BCUT2D eigenvalue weighted by molar-refractivity contribution is 5.80. The third-order valence-electron chi connectivity index (χ3n) is 5.25. The molecule has 0 spiro atoms. The first-order chi connectivity index (χ1) is 13.4. The van der Waals surface area contributed by atoms with Crippen LogP contribution in [0.5, 0.6) is 0 Å². The van der Waals surface area contributed by atoms with Crippen molar-refractivity contribution >= 4 is 11.6 Å². The molecule has 1 aromatic heterocycles. The van der Waals surface area contributed by atoms with Gasteiger partial charge < -0.3 is 5.32 Å². The van der Waals surface area contributed by atoms with Gasteiger partial charge in [-0.25, -0.2) is 5.43 Å². The SMILES string of the molecule is O=C1NNCC(N2Cc3cccc(NCc4ccncc4)c3C2)C1C(F)(F)F. The molecule has 3 N–H and O–H groups in total. The van der Waals surface area contributed by atoms with Gasteiger partial charge in [0, 0.05) is 50.3 Å². The molecule has 4 rings (SSSR count). The second kappa shape index (κ2) is 7.40. The topological polar surface area (TPSA) is 69.3 Å². The lowest BCUT2D eigenvalue weighted by Crippen LogP contribution is -2.63. The summed E-state index contributed by atoms with van der Waals surface area (Å²) in [6.45, 7) is 1.38. The number of halogens is 3. The van der Waals surface area contributed by atoms with Gasteiger partial charge in [-0.1, -0.05) is 12.1 Å². The van der Waals surface area contributed by atoms with Gasteiger partial charge in [0.25, 0.3) is 0 Å². The highest BCUT2D eigenvalue weighted by Gasteiger charge is 2.53. The zero-order chi connectivity index (χ0) is 19.7. The van der Waals surface area contributed by atoms with Crippen LogP contribution in [0.4, 0.5) is 18.9 Å². The summed E-state index contributed by atoms with van der Waals surface area (Å²) in [7, 11) is 0. The van der Waals surface area contributed by atoms with Crippen LogP contribution in [-0.4, -0.2) is 34.6 Å². The summed E-state index contributed by atoms with van der Waals surface area (Å²) >= 11 is 0. The minimum atomic E-state index is -4.59. The maximum atomic E-state index is 13.5. The van der Waals surface area contributed by atoms with E-state index in [1.54, 1.807) is 17.3 Å². The predicted molar refractivity (Wildman–Crippen MR) is 96.7 cm³/mol. The van der Waals surface area contributed by atoms with Crippen LogP contribution in [0.1, 0.15) is 16.7 Å². The van der Waals surface area contributed by atoms with Crippen molar-refractivity contribution in [3.8, 4) is 0 Å². The van der Waals surface area contributed by atoms with Crippen LogP contribution in [0.25, 0.3) is 0 Å². The molecule has 148 valence electrons. The Hall–Kier alpha value is -2.65. The third kappa shape index (κ3) is 3.67. The molecular formula is C19H20F3N5O. The van der Waals surface area contributed by atoms with Crippen LogP contribution in [0.3, 0.4) is 0 Å². The number of pyridine rings is 1. The van der Waals surface area contributed by atoms with E-state index in [9.17, 15) is 18.0 Å². The first-order valence-corrected chi connectivity index (χ1v) is 9.00.